The first-order valence-corrected chi connectivity index (χ1v) is 7.55. The van der Waals surface area contributed by atoms with Crippen molar-refractivity contribution >= 4 is 17.6 Å². The standard InChI is InChI=1S/C17H11F2N3S/c18-13-8-11(9-20)6-7-14(13)22-23-15-10-21-17(16(15)19)12-4-2-1-3-5-12/h1-8,10,21-22H. The third-order valence-corrected chi connectivity index (χ3v) is 4.05. The summed E-state index contributed by atoms with van der Waals surface area (Å²) in [4.78, 5) is 3.21. The highest BCUT2D eigenvalue weighted by atomic mass is 32.2. The van der Waals surface area contributed by atoms with E-state index in [9.17, 15) is 8.78 Å². The Kier molecular flexibility index (Phi) is 4.31. The van der Waals surface area contributed by atoms with Crippen molar-refractivity contribution in [3.05, 3.63) is 71.9 Å². The van der Waals surface area contributed by atoms with Crippen LogP contribution in [-0.4, -0.2) is 4.98 Å². The van der Waals surface area contributed by atoms with E-state index in [1.54, 1.807) is 12.1 Å². The number of aromatic nitrogens is 1. The molecule has 0 aliphatic rings. The van der Waals surface area contributed by atoms with Crippen LogP contribution in [0.25, 0.3) is 11.3 Å². The number of nitrogens with one attached hydrogen (secondary N) is 2. The van der Waals surface area contributed by atoms with Crippen molar-refractivity contribution < 1.29 is 8.78 Å². The second-order valence-corrected chi connectivity index (χ2v) is 5.57. The van der Waals surface area contributed by atoms with Gasteiger partial charge >= 0.3 is 0 Å². The van der Waals surface area contributed by atoms with Crippen molar-refractivity contribution in [1.29, 1.82) is 5.26 Å². The molecule has 0 saturated heterocycles. The number of halogens is 2. The first-order chi connectivity index (χ1) is 11.2. The van der Waals surface area contributed by atoms with Gasteiger partial charge in [0.2, 0.25) is 0 Å². The van der Waals surface area contributed by atoms with E-state index in [-0.39, 0.29) is 11.3 Å². The van der Waals surface area contributed by atoms with E-state index in [1.165, 1.54) is 18.3 Å². The van der Waals surface area contributed by atoms with Crippen LogP contribution < -0.4 is 4.72 Å². The molecule has 0 aliphatic heterocycles. The van der Waals surface area contributed by atoms with Crippen molar-refractivity contribution in [1.82, 2.24) is 4.98 Å². The number of aromatic amines is 1. The largest absolute Gasteiger partial charge is 0.358 e. The van der Waals surface area contributed by atoms with Crippen LogP contribution in [0.4, 0.5) is 14.5 Å². The smallest absolute Gasteiger partial charge is 0.164 e. The summed E-state index contributed by atoms with van der Waals surface area (Å²) in [5, 5.41) is 8.71. The number of hydrogen-bond acceptors (Lipinski definition) is 3. The molecule has 1 heterocycles. The Hall–Kier alpha value is -2.78. The maximum Gasteiger partial charge on any atom is 0.164 e. The summed E-state index contributed by atoms with van der Waals surface area (Å²) in [6, 6.07) is 15.0. The van der Waals surface area contributed by atoms with E-state index in [2.05, 4.69) is 9.71 Å². The van der Waals surface area contributed by atoms with E-state index < -0.39 is 11.6 Å². The molecule has 0 radical (unpaired) electrons. The van der Waals surface area contributed by atoms with Gasteiger partial charge < -0.3 is 9.71 Å². The molecule has 0 amide bonds. The fourth-order valence-electron chi connectivity index (χ4n) is 2.05. The zero-order valence-electron chi connectivity index (χ0n) is 11.8. The molecule has 0 saturated carbocycles. The number of nitrogens with zero attached hydrogens (tertiary/aromatic N) is 1. The molecule has 6 heteroatoms. The third kappa shape index (κ3) is 3.20. The molecule has 1 aromatic heterocycles. The van der Waals surface area contributed by atoms with Crippen molar-refractivity contribution in [3.63, 3.8) is 0 Å². The zero-order valence-corrected chi connectivity index (χ0v) is 12.6. The number of H-pyrrole nitrogens is 1. The van der Waals surface area contributed by atoms with Crippen LogP contribution in [0.3, 0.4) is 0 Å². The predicted octanol–water partition coefficient (Wildman–Crippen LogP) is 4.95. The topological polar surface area (TPSA) is 51.6 Å². The van der Waals surface area contributed by atoms with Gasteiger partial charge in [-0.2, -0.15) is 5.26 Å². The SMILES string of the molecule is N#Cc1ccc(NSc2c[nH]c(-c3ccccc3)c2F)c(F)c1. The molecule has 0 atom stereocenters. The Morgan fingerprint density at radius 3 is 2.57 bits per heavy atom. The van der Waals surface area contributed by atoms with Crippen molar-refractivity contribution in [2.45, 2.75) is 4.90 Å². The van der Waals surface area contributed by atoms with Crippen LogP contribution in [-0.2, 0) is 0 Å². The lowest BCUT2D eigenvalue weighted by Gasteiger charge is -2.05. The highest BCUT2D eigenvalue weighted by molar-refractivity contribution is 8.00. The van der Waals surface area contributed by atoms with Gasteiger partial charge in [-0.15, -0.1) is 0 Å². The third-order valence-electron chi connectivity index (χ3n) is 3.22. The summed E-state index contributed by atoms with van der Waals surface area (Å²) in [5.74, 6) is -0.960. The van der Waals surface area contributed by atoms with Gasteiger partial charge in [-0.3, -0.25) is 0 Å². The second-order valence-electron chi connectivity index (χ2n) is 4.72. The van der Waals surface area contributed by atoms with Crippen LogP contribution in [0.2, 0.25) is 0 Å². The molecule has 2 N–H and O–H groups in total. The molecule has 3 rings (SSSR count). The zero-order chi connectivity index (χ0) is 16.2. The van der Waals surface area contributed by atoms with E-state index in [4.69, 9.17) is 5.26 Å². The maximum atomic E-state index is 14.4. The Balaban J connectivity index is 1.77. The molecule has 2 aromatic carbocycles. The van der Waals surface area contributed by atoms with Crippen LogP contribution in [0.15, 0.2) is 59.6 Å². The molecular weight excluding hydrogens is 316 g/mol. The average molecular weight is 327 g/mol. The second kappa shape index (κ2) is 6.55. The Morgan fingerprint density at radius 2 is 1.87 bits per heavy atom. The Bertz CT molecular complexity index is 869. The van der Waals surface area contributed by atoms with Gasteiger partial charge in [0.15, 0.2) is 5.82 Å². The van der Waals surface area contributed by atoms with Crippen molar-refractivity contribution in [2.24, 2.45) is 0 Å². The lowest BCUT2D eigenvalue weighted by atomic mass is 10.1. The minimum Gasteiger partial charge on any atom is -0.358 e. The lowest BCUT2D eigenvalue weighted by molar-refractivity contribution is 0.610. The predicted molar refractivity (Wildman–Crippen MR) is 86.8 cm³/mol. The Morgan fingerprint density at radius 1 is 1.09 bits per heavy atom. The van der Waals surface area contributed by atoms with Gasteiger partial charge in [-0.05, 0) is 30.1 Å². The van der Waals surface area contributed by atoms with Crippen LogP contribution in [0.5, 0.6) is 0 Å². The normalized spacial score (nSPS) is 10.3. The minimum atomic E-state index is -0.559. The highest BCUT2D eigenvalue weighted by Crippen LogP contribution is 2.31. The molecule has 114 valence electrons. The summed E-state index contributed by atoms with van der Waals surface area (Å²) in [6.45, 7) is 0. The quantitative estimate of drug-likeness (QED) is 0.667. The highest BCUT2D eigenvalue weighted by Gasteiger charge is 2.14. The van der Waals surface area contributed by atoms with Gasteiger partial charge in [-0.1, -0.05) is 30.3 Å². The monoisotopic (exact) mass is 327 g/mol. The van der Waals surface area contributed by atoms with Gasteiger partial charge in [-0.25, -0.2) is 8.78 Å². The van der Waals surface area contributed by atoms with Crippen LogP contribution in [0, 0.1) is 23.0 Å². The molecule has 0 fully saturated rings. The lowest BCUT2D eigenvalue weighted by Crippen LogP contribution is -1.92. The molecule has 3 aromatic rings. The van der Waals surface area contributed by atoms with E-state index >= 15 is 0 Å². The molecular formula is C17H11F2N3S. The first-order valence-electron chi connectivity index (χ1n) is 6.74. The fraction of sp³-hybridized carbons (Fsp3) is 0. The summed E-state index contributed by atoms with van der Waals surface area (Å²) in [6.07, 6.45) is 1.52. The van der Waals surface area contributed by atoms with E-state index in [0.717, 1.165) is 23.6 Å². The van der Waals surface area contributed by atoms with Gasteiger partial charge in [0.1, 0.15) is 5.82 Å². The van der Waals surface area contributed by atoms with Crippen molar-refractivity contribution in [3.8, 4) is 17.3 Å². The van der Waals surface area contributed by atoms with Gasteiger partial charge in [0, 0.05) is 11.8 Å². The van der Waals surface area contributed by atoms with E-state index in [1.807, 2.05) is 24.3 Å². The number of hydrogen-bond donors (Lipinski definition) is 2. The molecule has 3 nitrogen and oxygen atoms in total. The van der Waals surface area contributed by atoms with Crippen LogP contribution >= 0.6 is 11.9 Å². The number of anilines is 1. The van der Waals surface area contributed by atoms with Crippen LogP contribution in [0.1, 0.15) is 5.56 Å². The number of nitriles is 1. The molecule has 0 unspecified atom stereocenters. The number of benzene rings is 2. The summed E-state index contributed by atoms with van der Waals surface area (Å²) >= 11 is 0.964. The first kappa shape index (κ1) is 15.1. The summed E-state index contributed by atoms with van der Waals surface area (Å²) in [7, 11) is 0. The number of rotatable bonds is 4. The van der Waals surface area contributed by atoms with Gasteiger partial charge in [0.05, 0.1) is 27.9 Å². The Labute approximate surface area is 136 Å². The van der Waals surface area contributed by atoms with E-state index in [0.29, 0.717) is 10.6 Å². The molecule has 23 heavy (non-hydrogen) atoms. The summed E-state index contributed by atoms with van der Waals surface area (Å²) < 4.78 is 31.0. The molecule has 0 bridgehead atoms. The minimum absolute atomic E-state index is 0.191. The van der Waals surface area contributed by atoms with Gasteiger partial charge in [0.25, 0.3) is 0 Å². The maximum absolute atomic E-state index is 14.4. The fourth-order valence-corrected chi connectivity index (χ4v) is 2.75. The van der Waals surface area contributed by atoms with Crippen molar-refractivity contribution in [2.75, 3.05) is 4.72 Å². The molecule has 0 spiro atoms. The molecule has 0 aliphatic carbocycles. The average Bonchev–Trinajstić information content (AvgIpc) is 2.95. The summed E-state index contributed by atoms with van der Waals surface area (Å²) in [5.41, 5.74) is 1.55.